The van der Waals surface area contributed by atoms with Crippen molar-refractivity contribution < 1.29 is 14.9 Å². The molecule has 0 aromatic rings. The van der Waals surface area contributed by atoms with E-state index in [-0.39, 0.29) is 0 Å². The van der Waals surface area contributed by atoms with Crippen molar-refractivity contribution in [3.05, 3.63) is 0 Å². The molecule has 1 N–H and O–H groups in total. The minimum Gasteiger partial charge on any atom is -0.301 e. The Morgan fingerprint density at radius 3 is 2.73 bits per heavy atom. The lowest BCUT2D eigenvalue weighted by atomic mass is 10.0. The number of carbonyl (C=O) groups excluding carboxylic acids is 1. The van der Waals surface area contributed by atoms with E-state index in [9.17, 15) is 4.79 Å². The van der Waals surface area contributed by atoms with Crippen LogP contribution in [0.1, 0.15) is 39.5 Å². The molecule has 0 fully saturated rings. The van der Waals surface area contributed by atoms with Crippen molar-refractivity contribution in [2.45, 2.75) is 39.5 Å². The monoisotopic (exact) mass is 160 g/mol. The molecule has 3 heteroatoms. The van der Waals surface area contributed by atoms with E-state index in [1.54, 1.807) is 0 Å². The average Bonchev–Trinajstić information content (AvgIpc) is 2.04. The van der Waals surface area contributed by atoms with Gasteiger partial charge in [0.25, 0.3) is 0 Å². The van der Waals surface area contributed by atoms with Crippen LogP contribution >= 0.6 is 0 Å². The van der Waals surface area contributed by atoms with Crippen molar-refractivity contribution >= 4 is 5.97 Å². The molecular weight excluding hydrogens is 144 g/mol. The first-order valence-corrected chi connectivity index (χ1v) is 4.05. The molecule has 0 aliphatic rings. The summed E-state index contributed by atoms with van der Waals surface area (Å²) in [6, 6.07) is 0. The summed E-state index contributed by atoms with van der Waals surface area (Å²) in [5.74, 6) is 0.120. The van der Waals surface area contributed by atoms with Gasteiger partial charge >= 0.3 is 5.97 Å². The Kier molecular flexibility index (Phi) is 5.84. The van der Waals surface area contributed by atoms with Gasteiger partial charge in [0, 0.05) is 6.42 Å². The van der Waals surface area contributed by atoms with Crippen LogP contribution in [0.3, 0.4) is 0 Å². The molecule has 66 valence electrons. The van der Waals surface area contributed by atoms with Crippen LogP contribution in [0, 0.1) is 5.92 Å². The van der Waals surface area contributed by atoms with Crippen molar-refractivity contribution in [1.82, 2.24) is 0 Å². The van der Waals surface area contributed by atoms with E-state index in [0.717, 1.165) is 19.3 Å². The fourth-order valence-electron chi connectivity index (χ4n) is 0.845. The van der Waals surface area contributed by atoms with Gasteiger partial charge in [0.05, 0.1) is 0 Å². The molecule has 1 atom stereocenters. The molecule has 0 radical (unpaired) electrons. The van der Waals surface area contributed by atoms with Crippen LogP contribution in [0.5, 0.6) is 0 Å². The standard InChI is InChI=1S/C8H16O3/c1-3-7(2)5-4-6-8(9)11-10/h7,10H,3-6H2,1-2H3. The lowest BCUT2D eigenvalue weighted by Crippen LogP contribution is -2.01. The highest BCUT2D eigenvalue weighted by molar-refractivity contribution is 5.68. The van der Waals surface area contributed by atoms with Gasteiger partial charge in [-0.3, -0.25) is 0 Å². The summed E-state index contributed by atoms with van der Waals surface area (Å²) in [6.07, 6.45) is 3.27. The maximum atomic E-state index is 10.4. The SMILES string of the molecule is CCC(C)CCCC(=O)OO. The van der Waals surface area contributed by atoms with Gasteiger partial charge in [0.2, 0.25) is 0 Å². The number of carbonyl (C=O) groups is 1. The molecule has 3 nitrogen and oxygen atoms in total. The minimum absolute atomic E-state index is 0.320. The van der Waals surface area contributed by atoms with E-state index < -0.39 is 5.97 Å². The topological polar surface area (TPSA) is 46.5 Å². The Hall–Kier alpha value is -0.570. The number of hydrogen-bond acceptors (Lipinski definition) is 3. The van der Waals surface area contributed by atoms with Gasteiger partial charge in [-0.05, 0) is 12.3 Å². The van der Waals surface area contributed by atoms with E-state index in [4.69, 9.17) is 5.26 Å². The van der Waals surface area contributed by atoms with Gasteiger partial charge in [0.1, 0.15) is 0 Å². The molecule has 0 saturated heterocycles. The fourth-order valence-corrected chi connectivity index (χ4v) is 0.845. The van der Waals surface area contributed by atoms with Crippen LogP contribution in [-0.2, 0) is 9.68 Å². The third-order valence-electron chi connectivity index (χ3n) is 1.88. The van der Waals surface area contributed by atoms with Crippen molar-refractivity contribution in [2.24, 2.45) is 5.92 Å². The van der Waals surface area contributed by atoms with Gasteiger partial charge in [-0.25, -0.2) is 4.79 Å². The second kappa shape index (κ2) is 6.16. The first kappa shape index (κ1) is 10.4. The molecule has 0 spiro atoms. The van der Waals surface area contributed by atoms with Gasteiger partial charge in [-0.2, -0.15) is 5.26 Å². The third kappa shape index (κ3) is 5.85. The Morgan fingerprint density at radius 2 is 2.27 bits per heavy atom. The maximum absolute atomic E-state index is 10.4. The zero-order valence-corrected chi connectivity index (χ0v) is 7.17. The second-order valence-corrected chi connectivity index (χ2v) is 2.87. The van der Waals surface area contributed by atoms with E-state index >= 15 is 0 Å². The molecule has 0 aliphatic carbocycles. The van der Waals surface area contributed by atoms with E-state index in [1.807, 2.05) is 0 Å². The largest absolute Gasteiger partial charge is 0.342 e. The summed E-state index contributed by atoms with van der Waals surface area (Å²) >= 11 is 0. The summed E-state index contributed by atoms with van der Waals surface area (Å²) in [5, 5.41) is 7.91. The highest BCUT2D eigenvalue weighted by atomic mass is 17.1. The predicted octanol–water partition coefficient (Wildman–Crippen LogP) is 2.22. The van der Waals surface area contributed by atoms with Crippen molar-refractivity contribution in [3.63, 3.8) is 0 Å². The molecule has 1 unspecified atom stereocenters. The smallest absolute Gasteiger partial charge is 0.301 e. The van der Waals surface area contributed by atoms with Crippen LogP contribution in [0.25, 0.3) is 0 Å². The Bertz CT molecular complexity index is 112. The number of rotatable bonds is 5. The predicted molar refractivity (Wildman–Crippen MR) is 42.0 cm³/mol. The Balaban J connectivity index is 3.20. The first-order chi connectivity index (χ1) is 5.20. The molecule has 11 heavy (non-hydrogen) atoms. The quantitative estimate of drug-likeness (QED) is 0.495. The lowest BCUT2D eigenvalue weighted by Gasteiger charge is -2.05. The van der Waals surface area contributed by atoms with Gasteiger partial charge in [-0.1, -0.05) is 26.7 Å². The van der Waals surface area contributed by atoms with Crippen molar-refractivity contribution in [3.8, 4) is 0 Å². The molecule has 0 aromatic carbocycles. The van der Waals surface area contributed by atoms with Crippen LogP contribution < -0.4 is 0 Å². The Labute approximate surface area is 67.3 Å². The van der Waals surface area contributed by atoms with Gasteiger partial charge in [0.15, 0.2) is 0 Å². The average molecular weight is 160 g/mol. The summed E-state index contributed by atoms with van der Waals surface area (Å²) < 4.78 is 0. The molecule has 0 heterocycles. The molecule has 0 rings (SSSR count). The molecular formula is C8H16O3. The normalized spacial score (nSPS) is 12.6. The summed E-state index contributed by atoms with van der Waals surface area (Å²) in [7, 11) is 0. The third-order valence-corrected chi connectivity index (χ3v) is 1.88. The maximum Gasteiger partial charge on any atom is 0.342 e. The van der Waals surface area contributed by atoms with E-state index in [1.165, 1.54) is 0 Å². The molecule has 0 aliphatic heterocycles. The molecule has 0 amide bonds. The van der Waals surface area contributed by atoms with Crippen LogP contribution in [-0.4, -0.2) is 11.2 Å². The van der Waals surface area contributed by atoms with Gasteiger partial charge in [-0.15, -0.1) is 0 Å². The number of hydrogen-bond donors (Lipinski definition) is 1. The van der Waals surface area contributed by atoms with Gasteiger partial charge < -0.3 is 4.89 Å². The molecule has 0 aromatic heterocycles. The Morgan fingerprint density at radius 1 is 1.64 bits per heavy atom. The zero-order valence-electron chi connectivity index (χ0n) is 7.17. The first-order valence-electron chi connectivity index (χ1n) is 4.05. The molecule has 0 bridgehead atoms. The molecule has 0 saturated carbocycles. The summed E-state index contributed by atoms with van der Waals surface area (Å²) in [5.41, 5.74) is 0. The van der Waals surface area contributed by atoms with Crippen molar-refractivity contribution in [2.75, 3.05) is 0 Å². The second-order valence-electron chi connectivity index (χ2n) is 2.87. The fraction of sp³-hybridized carbons (Fsp3) is 0.875. The van der Waals surface area contributed by atoms with Crippen molar-refractivity contribution in [1.29, 1.82) is 0 Å². The zero-order chi connectivity index (χ0) is 8.69. The minimum atomic E-state index is -0.534. The highest BCUT2D eigenvalue weighted by Gasteiger charge is 2.03. The van der Waals surface area contributed by atoms with Crippen LogP contribution in [0.4, 0.5) is 0 Å². The van der Waals surface area contributed by atoms with Crippen LogP contribution in [0.2, 0.25) is 0 Å². The lowest BCUT2D eigenvalue weighted by molar-refractivity contribution is -0.234. The van der Waals surface area contributed by atoms with E-state index in [0.29, 0.717) is 12.3 Å². The van der Waals surface area contributed by atoms with Crippen LogP contribution in [0.15, 0.2) is 0 Å². The summed E-state index contributed by atoms with van der Waals surface area (Å²) in [6.45, 7) is 4.26. The highest BCUT2D eigenvalue weighted by Crippen LogP contribution is 2.10. The van der Waals surface area contributed by atoms with E-state index in [2.05, 4.69) is 18.7 Å². The summed E-state index contributed by atoms with van der Waals surface area (Å²) in [4.78, 5) is 13.9.